The smallest absolute Gasteiger partial charge is 0.407 e. The molecule has 2 aromatic rings. The van der Waals surface area contributed by atoms with Crippen LogP contribution in [-0.4, -0.2) is 63.8 Å². The summed E-state index contributed by atoms with van der Waals surface area (Å²) in [4.78, 5) is 59.4. The molecule has 0 fully saturated rings. The fourth-order valence-corrected chi connectivity index (χ4v) is 3.05. The molecule has 3 amide bonds. The third kappa shape index (κ3) is 10.1. The minimum atomic E-state index is -1.38. The van der Waals surface area contributed by atoms with Gasteiger partial charge >= 0.3 is 18.0 Å². The number of rotatable bonds is 13. The van der Waals surface area contributed by atoms with Gasteiger partial charge in [-0.25, -0.2) is 9.59 Å². The number of carboxylic acid groups (broad SMARTS) is 2. The average molecular weight is 501 g/mol. The number of phenolic OH excluding ortho intramolecular Hbond substituents is 1. The summed E-state index contributed by atoms with van der Waals surface area (Å²) in [5.41, 5.74) is 1.26. The molecule has 0 aliphatic carbocycles. The Hall–Kier alpha value is -4.61. The first-order chi connectivity index (χ1) is 17.1. The van der Waals surface area contributed by atoms with E-state index < -0.39 is 54.9 Å². The molecule has 0 heterocycles. The monoisotopic (exact) mass is 501 g/mol. The van der Waals surface area contributed by atoms with Crippen LogP contribution >= 0.6 is 0 Å². The van der Waals surface area contributed by atoms with E-state index in [2.05, 4.69) is 16.0 Å². The van der Waals surface area contributed by atoms with E-state index >= 15 is 0 Å². The van der Waals surface area contributed by atoms with Crippen molar-refractivity contribution in [3.63, 3.8) is 0 Å². The Labute approximate surface area is 206 Å². The number of phenols is 1. The maximum Gasteiger partial charge on any atom is 0.407 e. The van der Waals surface area contributed by atoms with Crippen molar-refractivity contribution in [2.24, 2.45) is 0 Å². The van der Waals surface area contributed by atoms with Gasteiger partial charge in [0.2, 0.25) is 11.8 Å². The van der Waals surface area contributed by atoms with Crippen molar-refractivity contribution in [1.29, 1.82) is 0 Å². The second kappa shape index (κ2) is 13.9. The van der Waals surface area contributed by atoms with Gasteiger partial charge in [-0.1, -0.05) is 42.5 Å². The van der Waals surface area contributed by atoms with Gasteiger partial charge in [-0.15, -0.1) is 0 Å². The number of alkyl carbamates (subject to hydrolysis) is 1. The first-order valence-electron chi connectivity index (χ1n) is 10.9. The molecule has 0 radical (unpaired) electrons. The Balaban J connectivity index is 1.92. The second-order valence-electron chi connectivity index (χ2n) is 7.74. The van der Waals surface area contributed by atoms with Crippen LogP contribution in [0.15, 0.2) is 54.6 Å². The Morgan fingerprint density at radius 2 is 1.50 bits per heavy atom. The summed E-state index contributed by atoms with van der Waals surface area (Å²) in [6, 6.07) is 11.8. The van der Waals surface area contributed by atoms with E-state index in [1.807, 2.05) is 0 Å². The van der Waals surface area contributed by atoms with Crippen molar-refractivity contribution >= 4 is 29.8 Å². The number of carbonyl (C=O) groups excluding carboxylic acids is 3. The van der Waals surface area contributed by atoms with Crippen LogP contribution in [0.5, 0.6) is 5.75 Å². The fraction of sp³-hybridized carbons (Fsp3) is 0.292. The van der Waals surface area contributed by atoms with Gasteiger partial charge in [0.1, 0.15) is 31.0 Å². The second-order valence-corrected chi connectivity index (χ2v) is 7.74. The molecule has 0 aliphatic heterocycles. The molecule has 0 aliphatic rings. The molecule has 6 N–H and O–H groups in total. The molecule has 2 aromatic carbocycles. The third-order valence-electron chi connectivity index (χ3n) is 4.90. The number of carboxylic acids is 2. The van der Waals surface area contributed by atoms with Gasteiger partial charge in [-0.3, -0.25) is 14.4 Å². The van der Waals surface area contributed by atoms with E-state index in [1.165, 1.54) is 24.3 Å². The van der Waals surface area contributed by atoms with Crippen molar-refractivity contribution < 1.29 is 44.0 Å². The van der Waals surface area contributed by atoms with Crippen molar-refractivity contribution in [3.05, 3.63) is 65.7 Å². The zero-order valence-electron chi connectivity index (χ0n) is 19.2. The quantitative estimate of drug-likeness (QED) is 0.230. The van der Waals surface area contributed by atoms with Gasteiger partial charge in [0.15, 0.2) is 0 Å². The number of carbonyl (C=O) groups is 5. The highest BCUT2D eigenvalue weighted by Crippen LogP contribution is 2.12. The highest BCUT2D eigenvalue weighted by molar-refractivity contribution is 5.91. The molecule has 2 atom stereocenters. The number of aliphatic carboxylic acids is 2. The molecule has 12 nitrogen and oxygen atoms in total. The molecule has 0 spiro atoms. The normalized spacial score (nSPS) is 12.0. The molecule has 0 saturated heterocycles. The lowest BCUT2D eigenvalue weighted by Gasteiger charge is -2.21. The first-order valence-corrected chi connectivity index (χ1v) is 10.9. The van der Waals surface area contributed by atoms with E-state index in [0.717, 1.165) is 5.56 Å². The largest absolute Gasteiger partial charge is 0.508 e. The topological polar surface area (TPSA) is 191 Å². The zero-order valence-corrected chi connectivity index (χ0v) is 19.2. The van der Waals surface area contributed by atoms with Crippen molar-refractivity contribution in [2.75, 3.05) is 6.54 Å². The lowest BCUT2D eigenvalue weighted by atomic mass is 10.0. The summed E-state index contributed by atoms with van der Waals surface area (Å²) in [5.74, 6) is -4.28. The molecule has 12 heteroatoms. The molecule has 36 heavy (non-hydrogen) atoms. The molecular weight excluding hydrogens is 474 g/mol. The summed E-state index contributed by atoms with van der Waals surface area (Å²) in [5, 5.41) is 34.6. The summed E-state index contributed by atoms with van der Waals surface area (Å²) in [6.45, 7) is -0.574. The SMILES string of the molecule is O=C(O)CC[C@H](NC(=O)CNC(=O)OCc1ccccc1)C(=O)N[C@@H](Cc1ccc(O)cc1)C(=O)O. The van der Waals surface area contributed by atoms with Gasteiger partial charge in [-0.2, -0.15) is 0 Å². The van der Waals surface area contributed by atoms with Gasteiger partial charge < -0.3 is 36.0 Å². The number of hydrogen-bond donors (Lipinski definition) is 6. The van der Waals surface area contributed by atoms with Crippen LogP contribution in [-0.2, 0) is 36.9 Å². The standard InChI is InChI=1S/C24H27N3O9/c28-17-8-6-15(7-9-17)12-19(23(33)34)27-22(32)18(10-11-21(30)31)26-20(29)13-25-24(35)36-14-16-4-2-1-3-5-16/h1-9,18-19,28H,10-14H2,(H,25,35)(H,26,29)(H,27,32)(H,30,31)(H,33,34)/t18-,19-/m0/s1. The lowest BCUT2D eigenvalue weighted by Crippen LogP contribution is -2.53. The highest BCUT2D eigenvalue weighted by atomic mass is 16.5. The minimum Gasteiger partial charge on any atom is -0.508 e. The van der Waals surface area contributed by atoms with Crippen molar-refractivity contribution in [2.45, 2.75) is 38.0 Å². The summed E-state index contributed by atoms with van der Waals surface area (Å²) in [6.07, 6.45) is -1.77. The number of benzene rings is 2. The third-order valence-corrected chi connectivity index (χ3v) is 4.90. The highest BCUT2D eigenvalue weighted by Gasteiger charge is 2.27. The Bertz CT molecular complexity index is 1060. The van der Waals surface area contributed by atoms with Crippen LogP contribution in [0.3, 0.4) is 0 Å². The molecule has 0 unspecified atom stereocenters. The van der Waals surface area contributed by atoms with Crippen molar-refractivity contribution in [3.8, 4) is 5.75 Å². The van der Waals surface area contributed by atoms with Gasteiger partial charge in [0.05, 0.1) is 0 Å². The number of amides is 3. The molecular formula is C24H27N3O9. The van der Waals surface area contributed by atoms with Crippen LogP contribution in [0.1, 0.15) is 24.0 Å². The van der Waals surface area contributed by atoms with E-state index in [9.17, 15) is 34.2 Å². The van der Waals surface area contributed by atoms with E-state index in [0.29, 0.717) is 5.56 Å². The Morgan fingerprint density at radius 1 is 0.833 bits per heavy atom. The number of aromatic hydroxyl groups is 1. The van der Waals surface area contributed by atoms with Crippen molar-refractivity contribution in [1.82, 2.24) is 16.0 Å². The van der Waals surface area contributed by atoms with Crippen LogP contribution in [0, 0.1) is 0 Å². The minimum absolute atomic E-state index is 0.0105. The number of hydrogen-bond acceptors (Lipinski definition) is 7. The van der Waals surface area contributed by atoms with E-state index in [1.54, 1.807) is 30.3 Å². The Morgan fingerprint density at radius 3 is 2.11 bits per heavy atom. The number of ether oxygens (including phenoxy) is 1. The summed E-state index contributed by atoms with van der Waals surface area (Å²) >= 11 is 0. The van der Waals surface area contributed by atoms with Gasteiger partial charge in [0, 0.05) is 12.8 Å². The lowest BCUT2D eigenvalue weighted by molar-refractivity contribution is -0.142. The van der Waals surface area contributed by atoms with Crippen LogP contribution in [0.4, 0.5) is 4.79 Å². The molecule has 0 bridgehead atoms. The van der Waals surface area contributed by atoms with Gasteiger partial charge in [0.25, 0.3) is 0 Å². The van der Waals surface area contributed by atoms with E-state index in [-0.39, 0.29) is 25.2 Å². The summed E-state index contributed by atoms with van der Waals surface area (Å²) < 4.78 is 4.98. The molecule has 192 valence electrons. The van der Waals surface area contributed by atoms with Gasteiger partial charge in [-0.05, 0) is 29.7 Å². The maximum atomic E-state index is 12.7. The predicted molar refractivity (Wildman–Crippen MR) is 125 cm³/mol. The predicted octanol–water partition coefficient (Wildman–Crippen LogP) is 0.780. The molecule has 2 rings (SSSR count). The summed E-state index contributed by atoms with van der Waals surface area (Å²) in [7, 11) is 0. The average Bonchev–Trinajstić information content (AvgIpc) is 2.85. The molecule has 0 aromatic heterocycles. The van der Waals surface area contributed by atoms with Crippen LogP contribution in [0.2, 0.25) is 0 Å². The number of nitrogens with one attached hydrogen (secondary N) is 3. The maximum absolute atomic E-state index is 12.7. The van der Waals surface area contributed by atoms with E-state index in [4.69, 9.17) is 9.84 Å². The molecule has 0 saturated carbocycles. The first kappa shape index (κ1) is 27.6. The van der Waals surface area contributed by atoms with Crippen LogP contribution < -0.4 is 16.0 Å². The fourth-order valence-electron chi connectivity index (χ4n) is 3.05. The van der Waals surface area contributed by atoms with Crippen LogP contribution in [0.25, 0.3) is 0 Å². The Kier molecular flexibility index (Phi) is 10.7. The zero-order chi connectivity index (χ0) is 26.5.